The Morgan fingerprint density at radius 3 is 2.64 bits per heavy atom. The second-order valence-corrected chi connectivity index (χ2v) is 5.55. The number of nitrogens with zero attached hydrogens (tertiary/aromatic N) is 2. The SMILES string of the molecule is CCOC(=O)Cc1c(C)nc2cc(-c3ccc(OC)cc3)[nH]n2c1=O. The van der Waals surface area contributed by atoms with E-state index in [1.165, 1.54) is 4.52 Å². The molecule has 130 valence electrons. The number of hydrogen-bond acceptors (Lipinski definition) is 5. The molecule has 2 heterocycles. The van der Waals surface area contributed by atoms with Crippen LogP contribution >= 0.6 is 0 Å². The Bertz CT molecular complexity index is 970. The second-order valence-electron chi connectivity index (χ2n) is 5.55. The van der Waals surface area contributed by atoms with Crippen LogP contribution in [-0.4, -0.2) is 34.3 Å². The number of hydrogen-bond donors (Lipinski definition) is 1. The minimum Gasteiger partial charge on any atom is -0.497 e. The van der Waals surface area contributed by atoms with E-state index < -0.39 is 5.97 Å². The molecular weight excluding hydrogens is 322 g/mol. The summed E-state index contributed by atoms with van der Waals surface area (Å²) in [5.41, 5.74) is 2.71. The number of methoxy groups -OCH3 is 1. The predicted molar refractivity (Wildman–Crippen MR) is 92.9 cm³/mol. The summed E-state index contributed by atoms with van der Waals surface area (Å²) in [6, 6.07) is 9.26. The van der Waals surface area contributed by atoms with Gasteiger partial charge in [0.05, 0.1) is 31.4 Å². The van der Waals surface area contributed by atoms with Crippen molar-refractivity contribution in [2.75, 3.05) is 13.7 Å². The van der Waals surface area contributed by atoms with Crippen molar-refractivity contribution < 1.29 is 14.3 Å². The van der Waals surface area contributed by atoms with Crippen molar-refractivity contribution in [3.05, 3.63) is 51.9 Å². The topological polar surface area (TPSA) is 85.7 Å². The molecule has 7 nitrogen and oxygen atoms in total. The molecule has 0 aliphatic heterocycles. The minimum absolute atomic E-state index is 0.0919. The molecule has 25 heavy (non-hydrogen) atoms. The smallest absolute Gasteiger partial charge is 0.310 e. The third kappa shape index (κ3) is 3.26. The van der Waals surface area contributed by atoms with Gasteiger partial charge in [-0.25, -0.2) is 9.50 Å². The van der Waals surface area contributed by atoms with Crippen LogP contribution in [0.4, 0.5) is 0 Å². The second kappa shape index (κ2) is 6.80. The number of nitrogens with one attached hydrogen (secondary N) is 1. The third-order valence-corrected chi connectivity index (χ3v) is 3.94. The fraction of sp³-hybridized carbons (Fsp3) is 0.278. The Kier molecular flexibility index (Phi) is 4.56. The van der Waals surface area contributed by atoms with Gasteiger partial charge in [0.15, 0.2) is 5.65 Å². The molecule has 0 bridgehead atoms. The summed E-state index contributed by atoms with van der Waals surface area (Å²) in [6.45, 7) is 3.72. The molecule has 0 fully saturated rings. The number of rotatable bonds is 5. The zero-order valence-corrected chi connectivity index (χ0v) is 14.3. The van der Waals surface area contributed by atoms with Crippen LogP contribution in [0.15, 0.2) is 35.1 Å². The minimum atomic E-state index is -0.439. The van der Waals surface area contributed by atoms with Gasteiger partial charge in [0, 0.05) is 11.8 Å². The number of fused-ring (bicyclic) bond motifs is 1. The number of carbonyl (C=O) groups excluding carboxylic acids is 1. The molecule has 0 spiro atoms. The molecule has 0 amide bonds. The van der Waals surface area contributed by atoms with Gasteiger partial charge in [-0.15, -0.1) is 0 Å². The maximum absolute atomic E-state index is 12.7. The molecule has 1 N–H and O–H groups in total. The highest BCUT2D eigenvalue weighted by molar-refractivity contribution is 5.73. The molecule has 0 saturated carbocycles. The highest BCUT2D eigenvalue weighted by atomic mass is 16.5. The standard InChI is InChI=1S/C18H19N3O4/c1-4-25-17(22)9-14-11(2)19-16-10-15(20-21(16)18(14)23)12-5-7-13(24-3)8-6-12/h5-8,10,20H,4,9H2,1-3H3. The highest BCUT2D eigenvalue weighted by Gasteiger charge is 2.16. The van der Waals surface area contributed by atoms with Crippen LogP contribution in [0, 0.1) is 6.92 Å². The van der Waals surface area contributed by atoms with E-state index in [1.807, 2.05) is 24.3 Å². The molecule has 0 saturated heterocycles. The van der Waals surface area contributed by atoms with E-state index >= 15 is 0 Å². The number of aryl methyl sites for hydroxylation is 1. The number of H-pyrrole nitrogens is 1. The molecule has 3 aromatic rings. The summed E-state index contributed by atoms with van der Waals surface area (Å²) >= 11 is 0. The lowest BCUT2D eigenvalue weighted by Gasteiger charge is -2.05. The first-order valence-electron chi connectivity index (χ1n) is 7.94. The fourth-order valence-corrected chi connectivity index (χ4v) is 2.65. The van der Waals surface area contributed by atoms with E-state index in [4.69, 9.17) is 9.47 Å². The van der Waals surface area contributed by atoms with Crippen molar-refractivity contribution in [3.8, 4) is 17.0 Å². The van der Waals surface area contributed by atoms with Gasteiger partial charge in [0.1, 0.15) is 5.75 Å². The van der Waals surface area contributed by atoms with Crippen molar-refractivity contribution in [2.45, 2.75) is 20.3 Å². The molecule has 0 aliphatic rings. The Labute approximate surface area is 144 Å². The van der Waals surface area contributed by atoms with Gasteiger partial charge in [-0.1, -0.05) is 0 Å². The summed E-state index contributed by atoms with van der Waals surface area (Å²) in [5, 5.41) is 3.04. The quantitative estimate of drug-likeness (QED) is 0.719. The third-order valence-electron chi connectivity index (χ3n) is 3.94. The Hall–Kier alpha value is -3.09. The maximum atomic E-state index is 12.7. The largest absolute Gasteiger partial charge is 0.497 e. The first-order chi connectivity index (χ1) is 12.0. The number of aromatic amines is 1. The molecule has 0 atom stereocenters. The lowest BCUT2D eigenvalue weighted by Crippen LogP contribution is -2.24. The molecule has 0 radical (unpaired) electrons. The predicted octanol–water partition coefficient (Wildman–Crippen LogP) is 2.11. The van der Waals surface area contributed by atoms with E-state index in [-0.39, 0.29) is 18.6 Å². The van der Waals surface area contributed by atoms with Crippen molar-refractivity contribution in [1.29, 1.82) is 0 Å². The fourth-order valence-electron chi connectivity index (χ4n) is 2.65. The molecule has 1 aromatic carbocycles. The number of benzene rings is 1. The average molecular weight is 341 g/mol. The number of aromatic nitrogens is 3. The zero-order valence-electron chi connectivity index (χ0n) is 14.3. The molecule has 7 heteroatoms. The van der Waals surface area contributed by atoms with E-state index in [0.717, 1.165) is 17.0 Å². The van der Waals surface area contributed by atoms with Crippen LogP contribution < -0.4 is 10.3 Å². The highest BCUT2D eigenvalue weighted by Crippen LogP contribution is 2.22. The first-order valence-corrected chi connectivity index (χ1v) is 7.94. The van der Waals surface area contributed by atoms with E-state index in [0.29, 0.717) is 16.9 Å². The monoisotopic (exact) mass is 341 g/mol. The number of ether oxygens (including phenoxy) is 2. The van der Waals surface area contributed by atoms with Crippen molar-refractivity contribution in [3.63, 3.8) is 0 Å². The summed E-state index contributed by atoms with van der Waals surface area (Å²) in [5.74, 6) is 0.314. The molecule has 2 aromatic heterocycles. The van der Waals surface area contributed by atoms with Crippen LogP contribution in [-0.2, 0) is 16.0 Å². The summed E-state index contributed by atoms with van der Waals surface area (Å²) in [6.07, 6.45) is -0.0919. The van der Waals surface area contributed by atoms with Gasteiger partial charge in [-0.2, -0.15) is 0 Å². The van der Waals surface area contributed by atoms with Crippen LogP contribution in [0.25, 0.3) is 16.9 Å². The van der Waals surface area contributed by atoms with Gasteiger partial charge < -0.3 is 9.47 Å². The Morgan fingerprint density at radius 2 is 2.00 bits per heavy atom. The van der Waals surface area contributed by atoms with Crippen LogP contribution in [0.2, 0.25) is 0 Å². The summed E-state index contributed by atoms with van der Waals surface area (Å²) in [7, 11) is 1.61. The zero-order chi connectivity index (χ0) is 18.0. The van der Waals surface area contributed by atoms with Gasteiger partial charge in [0.25, 0.3) is 5.56 Å². The van der Waals surface area contributed by atoms with E-state index in [9.17, 15) is 9.59 Å². The normalized spacial score (nSPS) is 10.8. The van der Waals surface area contributed by atoms with Crippen molar-refractivity contribution in [1.82, 2.24) is 14.6 Å². The van der Waals surface area contributed by atoms with Crippen LogP contribution in [0.3, 0.4) is 0 Å². The van der Waals surface area contributed by atoms with Crippen LogP contribution in [0.1, 0.15) is 18.2 Å². The van der Waals surface area contributed by atoms with Gasteiger partial charge in [-0.3, -0.25) is 14.7 Å². The van der Waals surface area contributed by atoms with E-state index in [1.54, 1.807) is 27.0 Å². The van der Waals surface area contributed by atoms with Crippen LogP contribution in [0.5, 0.6) is 5.75 Å². The number of esters is 1. The lowest BCUT2D eigenvalue weighted by atomic mass is 10.1. The molecular formula is C18H19N3O4. The van der Waals surface area contributed by atoms with Crippen molar-refractivity contribution in [2.24, 2.45) is 0 Å². The first kappa shape index (κ1) is 16.8. The molecule has 0 unspecified atom stereocenters. The summed E-state index contributed by atoms with van der Waals surface area (Å²) < 4.78 is 11.4. The summed E-state index contributed by atoms with van der Waals surface area (Å²) in [4.78, 5) is 28.8. The average Bonchev–Trinajstić information content (AvgIpc) is 3.03. The lowest BCUT2D eigenvalue weighted by molar-refractivity contribution is -0.142. The van der Waals surface area contributed by atoms with Gasteiger partial charge in [0.2, 0.25) is 0 Å². The number of carbonyl (C=O) groups is 1. The van der Waals surface area contributed by atoms with Gasteiger partial charge >= 0.3 is 5.97 Å². The maximum Gasteiger partial charge on any atom is 0.310 e. The van der Waals surface area contributed by atoms with E-state index in [2.05, 4.69) is 10.1 Å². The molecule has 3 rings (SSSR count). The van der Waals surface area contributed by atoms with Gasteiger partial charge in [-0.05, 0) is 43.7 Å². The Morgan fingerprint density at radius 1 is 1.28 bits per heavy atom. The molecule has 0 aliphatic carbocycles. The van der Waals surface area contributed by atoms with Crippen molar-refractivity contribution >= 4 is 11.6 Å². The Balaban J connectivity index is 2.03.